The molecule has 0 aliphatic rings. The highest BCUT2D eigenvalue weighted by Gasteiger charge is 2.12. The second kappa shape index (κ2) is 10.0. The molecule has 0 spiro atoms. The number of rotatable bonds is 9. The number of ether oxygens (including phenoxy) is 2. The second-order valence-corrected chi connectivity index (χ2v) is 5.94. The van der Waals surface area contributed by atoms with E-state index < -0.39 is 0 Å². The third kappa shape index (κ3) is 5.52. The summed E-state index contributed by atoms with van der Waals surface area (Å²) in [5, 5.41) is 14.0. The lowest BCUT2D eigenvalue weighted by atomic mass is 10.2. The van der Waals surface area contributed by atoms with E-state index in [-0.39, 0.29) is 11.6 Å². The Bertz CT molecular complexity index is 886. The topological polar surface area (TPSA) is 85.4 Å². The number of carbonyl (C=O) groups excluding carboxylic acids is 1. The molecule has 0 saturated carbocycles. The van der Waals surface area contributed by atoms with E-state index in [4.69, 9.17) is 9.47 Å². The highest BCUT2D eigenvalue weighted by atomic mass is 16.5. The van der Waals surface area contributed by atoms with Gasteiger partial charge in [0.15, 0.2) is 11.4 Å². The van der Waals surface area contributed by atoms with Crippen LogP contribution in [0.3, 0.4) is 0 Å². The molecule has 0 bridgehead atoms. The minimum Gasteiger partial charge on any atom is -0.455 e. The van der Waals surface area contributed by atoms with Gasteiger partial charge in [-0.3, -0.25) is 4.79 Å². The Morgan fingerprint density at radius 1 is 0.964 bits per heavy atom. The first kappa shape index (κ1) is 19.3. The molecule has 0 fully saturated rings. The predicted molar refractivity (Wildman–Crippen MR) is 108 cm³/mol. The van der Waals surface area contributed by atoms with Crippen molar-refractivity contribution in [3.63, 3.8) is 0 Å². The van der Waals surface area contributed by atoms with E-state index >= 15 is 0 Å². The summed E-state index contributed by atoms with van der Waals surface area (Å²) in [6.07, 6.45) is 0.860. The molecule has 7 heteroatoms. The van der Waals surface area contributed by atoms with Gasteiger partial charge in [-0.15, -0.1) is 10.2 Å². The zero-order chi connectivity index (χ0) is 19.6. The van der Waals surface area contributed by atoms with Gasteiger partial charge in [0.2, 0.25) is 0 Å². The van der Waals surface area contributed by atoms with Crippen molar-refractivity contribution >= 4 is 17.4 Å². The Morgan fingerprint density at radius 3 is 2.50 bits per heavy atom. The summed E-state index contributed by atoms with van der Waals surface area (Å²) in [6, 6.07) is 20.0. The van der Waals surface area contributed by atoms with Crippen LogP contribution in [0.25, 0.3) is 0 Å². The zero-order valence-electron chi connectivity index (χ0n) is 15.6. The third-order valence-electron chi connectivity index (χ3n) is 3.83. The first-order valence-electron chi connectivity index (χ1n) is 8.96. The average molecular weight is 378 g/mol. The summed E-state index contributed by atoms with van der Waals surface area (Å²) >= 11 is 0. The van der Waals surface area contributed by atoms with Crippen molar-refractivity contribution in [2.75, 3.05) is 30.9 Å². The van der Waals surface area contributed by atoms with E-state index in [0.717, 1.165) is 13.0 Å². The number of para-hydroxylation sites is 3. The summed E-state index contributed by atoms with van der Waals surface area (Å²) in [4.78, 5) is 12.5. The minimum atomic E-state index is -0.359. The van der Waals surface area contributed by atoms with Crippen LogP contribution in [0, 0.1) is 0 Å². The average Bonchev–Trinajstić information content (AvgIpc) is 2.74. The van der Waals surface area contributed by atoms with Crippen LogP contribution in [0.2, 0.25) is 0 Å². The van der Waals surface area contributed by atoms with Gasteiger partial charge in [-0.25, -0.2) is 0 Å². The summed E-state index contributed by atoms with van der Waals surface area (Å²) in [6.45, 7) is 1.39. The van der Waals surface area contributed by atoms with Gasteiger partial charge in [-0.2, -0.15) is 0 Å². The lowest BCUT2D eigenvalue weighted by molar-refractivity contribution is 0.102. The highest BCUT2D eigenvalue weighted by Crippen LogP contribution is 2.29. The number of nitrogens with zero attached hydrogens (tertiary/aromatic N) is 2. The molecule has 1 heterocycles. The SMILES string of the molecule is COCCCNc1ccc(C(=O)Nc2ccccc2Oc2ccccc2)nn1. The number of aromatic nitrogens is 2. The van der Waals surface area contributed by atoms with Gasteiger partial charge in [0.1, 0.15) is 11.6 Å². The highest BCUT2D eigenvalue weighted by molar-refractivity contribution is 6.03. The van der Waals surface area contributed by atoms with Crippen LogP contribution < -0.4 is 15.4 Å². The summed E-state index contributed by atoms with van der Waals surface area (Å²) in [5.74, 6) is 1.49. The number of methoxy groups -OCH3 is 1. The molecule has 28 heavy (non-hydrogen) atoms. The van der Waals surface area contributed by atoms with E-state index in [9.17, 15) is 4.79 Å². The van der Waals surface area contributed by atoms with E-state index in [1.807, 2.05) is 42.5 Å². The summed E-state index contributed by atoms with van der Waals surface area (Å²) in [5.41, 5.74) is 0.775. The standard InChI is InChI=1S/C21H22N4O3/c1-27-15-7-14-22-20-13-12-18(24-25-20)21(26)23-17-10-5-6-11-19(17)28-16-8-3-2-4-9-16/h2-6,8-13H,7,14-15H2,1H3,(H,22,25)(H,23,26). The van der Waals surface area contributed by atoms with Crippen LogP contribution in [-0.4, -0.2) is 36.4 Å². The third-order valence-corrected chi connectivity index (χ3v) is 3.83. The van der Waals surface area contributed by atoms with Gasteiger partial charge >= 0.3 is 0 Å². The van der Waals surface area contributed by atoms with Crippen molar-refractivity contribution in [2.24, 2.45) is 0 Å². The molecule has 144 valence electrons. The van der Waals surface area contributed by atoms with Crippen LogP contribution in [0.4, 0.5) is 11.5 Å². The zero-order valence-corrected chi connectivity index (χ0v) is 15.6. The summed E-state index contributed by atoms with van der Waals surface area (Å²) < 4.78 is 10.9. The Balaban J connectivity index is 1.63. The molecule has 2 N–H and O–H groups in total. The smallest absolute Gasteiger partial charge is 0.276 e. The van der Waals surface area contributed by atoms with E-state index in [1.165, 1.54) is 0 Å². The minimum absolute atomic E-state index is 0.219. The van der Waals surface area contributed by atoms with E-state index in [2.05, 4.69) is 20.8 Å². The normalized spacial score (nSPS) is 10.3. The molecule has 0 atom stereocenters. The molecule has 2 aromatic carbocycles. The molecular formula is C21H22N4O3. The molecule has 3 rings (SSSR count). The quantitative estimate of drug-likeness (QED) is 0.548. The maximum Gasteiger partial charge on any atom is 0.276 e. The van der Waals surface area contributed by atoms with Crippen LogP contribution in [0.15, 0.2) is 66.7 Å². The predicted octanol–water partition coefficient (Wildman–Crippen LogP) is 3.97. The van der Waals surface area contributed by atoms with Gasteiger partial charge in [-0.05, 0) is 42.8 Å². The van der Waals surface area contributed by atoms with Gasteiger partial charge in [0.05, 0.1) is 5.69 Å². The molecule has 0 unspecified atom stereocenters. The number of benzene rings is 2. The van der Waals surface area contributed by atoms with Crippen molar-refractivity contribution in [3.05, 3.63) is 72.4 Å². The fourth-order valence-corrected chi connectivity index (χ4v) is 2.44. The molecule has 1 amide bonds. The van der Waals surface area contributed by atoms with Crippen LogP contribution in [0.5, 0.6) is 11.5 Å². The van der Waals surface area contributed by atoms with Gasteiger partial charge in [0.25, 0.3) is 5.91 Å². The Morgan fingerprint density at radius 2 is 1.75 bits per heavy atom. The van der Waals surface area contributed by atoms with Crippen molar-refractivity contribution in [1.82, 2.24) is 10.2 Å². The van der Waals surface area contributed by atoms with Crippen LogP contribution in [-0.2, 0) is 4.74 Å². The molecule has 7 nitrogen and oxygen atoms in total. The number of amides is 1. The molecular weight excluding hydrogens is 356 g/mol. The number of hydrogen-bond acceptors (Lipinski definition) is 6. The number of hydrogen-bond donors (Lipinski definition) is 2. The fraction of sp³-hybridized carbons (Fsp3) is 0.190. The largest absolute Gasteiger partial charge is 0.455 e. The Hall–Kier alpha value is -3.45. The first-order valence-corrected chi connectivity index (χ1v) is 8.96. The van der Waals surface area contributed by atoms with Crippen LogP contribution in [0.1, 0.15) is 16.9 Å². The lowest BCUT2D eigenvalue weighted by Crippen LogP contribution is -2.15. The molecule has 0 radical (unpaired) electrons. The molecule has 0 aliphatic carbocycles. The van der Waals surface area contributed by atoms with Crippen molar-refractivity contribution in [1.29, 1.82) is 0 Å². The van der Waals surface area contributed by atoms with Crippen LogP contribution >= 0.6 is 0 Å². The van der Waals surface area contributed by atoms with Gasteiger partial charge in [-0.1, -0.05) is 30.3 Å². The van der Waals surface area contributed by atoms with E-state index in [1.54, 1.807) is 31.4 Å². The summed E-state index contributed by atoms with van der Waals surface area (Å²) in [7, 11) is 1.66. The maximum absolute atomic E-state index is 12.5. The van der Waals surface area contributed by atoms with Gasteiger partial charge in [0, 0.05) is 20.3 Å². The maximum atomic E-state index is 12.5. The lowest BCUT2D eigenvalue weighted by Gasteiger charge is -2.12. The van der Waals surface area contributed by atoms with Crippen molar-refractivity contribution < 1.29 is 14.3 Å². The molecule has 3 aromatic rings. The van der Waals surface area contributed by atoms with Gasteiger partial charge < -0.3 is 20.1 Å². The second-order valence-electron chi connectivity index (χ2n) is 5.94. The van der Waals surface area contributed by atoms with Crippen molar-refractivity contribution in [3.8, 4) is 11.5 Å². The Labute approximate surface area is 163 Å². The molecule has 0 saturated heterocycles. The number of nitrogens with one attached hydrogen (secondary N) is 2. The molecule has 1 aromatic heterocycles. The monoisotopic (exact) mass is 378 g/mol. The molecule has 0 aliphatic heterocycles. The number of carbonyl (C=O) groups is 1. The Kier molecular flexibility index (Phi) is 6.92. The van der Waals surface area contributed by atoms with Crippen molar-refractivity contribution in [2.45, 2.75) is 6.42 Å². The fourth-order valence-electron chi connectivity index (χ4n) is 2.44. The van der Waals surface area contributed by atoms with E-state index in [0.29, 0.717) is 29.6 Å². The number of anilines is 2. The first-order chi connectivity index (χ1) is 13.8.